The molecule has 0 aliphatic carbocycles. The van der Waals surface area contributed by atoms with E-state index in [0.717, 1.165) is 64.8 Å². The number of aryl methyl sites for hydroxylation is 1. The van der Waals surface area contributed by atoms with E-state index >= 15 is 0 Å². The van der Waals surface area contributed by atoms with Crippen molar-refractivity contribution in [1.82, 2.24) is 20.2 Å². The number of alkyl halides is 1. The van der Waals surface area contributed by atoms with Gasteiger partial charge in [0.2, 0.25) is 5.91 Å². The minimum absolute atomic E-state index is 0.0716. The first-order chi connectivity index (χ1) is 21.6. The maximum atomic E-state index is 11.9. The Labute approximate surface area is 264 Å². The molecule has 1 fully saturated rings. The lowest BCUT2D eigenvalue weighted by molar-refractivity contribution is -0.539. The van der Waals surface area contributed by atoms with Gasteiger partial charge in [-0.05, 0) is 73.6 Å². The Kier molecular flexibility index (Phi) is 8.06. The van der Waals surface area contributed by atoms with Crippen LogP contribution in [0.15, 0.2) is 84.7 Å². The second kappa shape index (κ2) is 12.4. The minimum Gasteiger partial charge on any atom is -0.329 e. The van der Waals surface area contributed by atoms with Gasteiger partial charge in [-0.15, -0.1) is 17.1 Å². The third kappa shape index (κ3) is 5.46. The maximum absolute atomic E-state index is 11.9. The molecule has 0 bridgehead atoms. The van der Waals surface area contributed by atoms with E-state index in [2.05, 4.69) is 111 Å². The molecule has 1 aromatic heterocycles. The number of aromatic nitrogens is 1. The average molecular weight is 606 g/mol. The summed E-state index contributed by atoms with van der Waals surface area (Å²) in [6.07, 6.45) is 13.8. The fourth-order valence-electron chi connectivity index (χ4n) is 6.38. The standard InChI is InChI=1S/C34H36BClN7O/c1-2-3-7-24-8-10-25(11-9-24)28-23-41(39-38-28)33-19-17-30-34(26-12-14-27(15-13-26)37-31(44)22-36)29-16-18-32(42(29)35-43(30)33)40-20-5-4-6-21-40/h8-19,23,38-39H,2-7,20-22H2,1H3/p+1. The molecule has 4 aliphatic rings. The number of unbranched alkanes of at least 4 members (excludes halogenated alkanes) is 1. The lowest BCUT2D eigenvalue weighted by Gasteiger charge is -2.28. The maximum Gasteiger partial charge on any atom is 0.553 e. The number of piperidine rings is 1. The minimum atomic E-state index is -0.218. The largest absolute Gasteiger partial charge is 0.553 e. The Morgan fingerprint density at radius 2 is 1.75 bits per heavy atom. The topological polar surface area (TPSA) is 67.6 Å². The molecule has 0 unspecified atom stereocenters. The molecule has 7 rings (SSSR count). The Hall–Kier alpha value is -4.21. The first-order valence-electron chi connectivity index (χ1n) is 15.6. The number of amides is 1. The molecule has 2 aromatic carbocycles. The number of benzene rings is 2. The van der Waals surface area contributed by atoms with Gasteiger partial charge in [-0.25, -0.2) is 5.01 Å². The first-order valence-corrected chi connectivity index (χ1v) is 16.1. The number of fused-ring (bicyclic) bond motifs is 2. The van der Waals surface area contributed by atoms with Crippen molar-refractivity contribution in [1.29, 1.82) is 0 Å². The van der Waals surface area contributed by atoms with Gasteiger partial charge in [0.25, 0.3) is 5.84 Å². The molecule has 3 N–H and O–H groups in total. The molecule has 0 atom stereocenters. The number of amidine groups is 1. The van der Waals surface area contributed by atoms with E-state index < -0.39 is 0 Å². The number of allylic oxidation sites excluding steroid dienone is 1. The predicted octanol–water partition coefficient (Wildman–Crippen LogP) is 5.46. The number of halogens is 1. The smallest absolute Gasteiger partial charge is 0.329 e. The highest BCUT2D eigenvalue weighted by molar-refractivity contribution is 6.41. The fourth-order valence-corrected chi connectivity index (χ4v) is 6.44. The zero-order valence-electron chi connectivity index (χ0n) is 25.0. The molecular formula is C34H37BClN7O+. The summed E-state index contributed by atoms with van der Waals surface area (Å²) in [6.45, 7) is 4.36. The van der Waals surface area contributed by atoms with E-state index in [1.807, 2.05) is 17.1 Å². The molecule has 8 nitrogen and oxygen atoms in total. The van der Waals surface area contributed by atoms with Crippen LogP contribution in [-0.4, -0.2) is 52.1 Å². The predicted molar refractivity (Wildman–Crippen MR) is 179 cm³/mol. The Morgan fingerprint density at radius 1 is 0.977 bits per heavy atom. The molecule has 5 heterocycles. The van der Waals surface area contributed by atoms with E-state index in [1.165, 1.54) is 43.5 Å². The first kappa shape index (κ1) is 28.6. The van der Waals surface area contributed by atoms with Gasteiger partial charge in [-0.1, -0.05) is 49.7 Å². The number of nitrogens with zero attached hydrogens (tertiary/aromatic N) is 4. The Morgan fingerprint density at radius 3 is 2.50 bits per heavy atom. The lowest BCUT2D eigenvalue weighted by Crippen LogP contribution is -2.45. The summed E-state index contributed by atoms with van der Waals surface area (Å²) >= 11 is 5.71. The number of carbonyl (C=O) groups is 1. The van der Waals surface area contributed by atoms with Crippen LogP contribution < -0.4 is 21.3 Å². The van der Waals surface area contributed by atoms with Crippen LogP contribution in [0.3, 0.4) is 0 Å². The van der Waals surface area contributed by atoms with Gasteiger partial charge in [0, 0.05) is 28.6 Å². The summed E-state index contributed by atoms with van der Waals surface area (Å²) in [4.78, 5) is 14.2. The van der Waals surface area contributed by atoms with Crippen LogP contribution in [0.2, 0.25) is 0 Å². The van der Waals surface area contributed by atoms with Crippen molar-refractivity contribution < 1.29 is 9.37 Å². The summed E-state index contributed by atoms with van der Waals surface area (Å²) in [5.41, 5.74) is 15.4. The van der Waals surface area contributed by atoms with Crippen LogP contribution in [0.25, 0.3) is 11.3 Å². The summed E-state index contributed by atoms with van der Waals surface area (Å²) in [5.74, 6) is 1.91. The molecule has 4 aliphatic heterocycles. The zero-order valence-corrected chi connectivity index (χ0v) is 25.8. The zero-order chi connectivity index (χ0) is 30.0. The number of rotatable bonds is 8. The summed E-state index contributed by atoms with van der Waals surface area (Å²) in [5, 5.41) is 4.89. The van der Waals surface area contributed by atoms with E-state index in [-0.39, 0.29) is 11.8 Å². The van der Waals surface area contributed by atoms with Gasteiger partial charge in [-0.3, -0.25) is 14.2 Å². The van der Waals surface area contributed by atoms with Crippen molar-refractivity contribution in [2.45, 2.75) is 45.4 Å². The van der Waals surface area contributed by atoms with Crippen molar-refractivity contribution in [3.05, 3.63) is 107 Å². The lowest BCUT2D eigenvalue weighted by atomic mass is 9.91. The average Bonchev–Trinajstić information content (AvgIpc) is 3.82. The van der Waals surface area contributed by atoms with Crippen molar-refractivity contribution in [3.8, 4) is 0 Å². The quantitative estimate of drug-likeness (QED) is 0.181. The number of hydrazine groups is 2. The number of nitrogens with one attached hydrogen (secondary N) is 3. The fraction of sp³-hybridized carbons (Fsp3) is 0.294. The highest BCUT2D eigenvalue weighted by atomic mass is 35.5. The molecular weight excluding hydrogens is 569 g/mol. The molecule has 223 valence electrons. The van der Waals surface area contributed by atoms with Crippen LogP contribution in [0.4, 0.5) is 11.5 Å². The number of hydrogen-bond acceptors (Lipinski definition) is 4. The third-order valence-corrected chi connectivity index (χ3v) is 8.94. The number of carbonyl (C=O) groups excluding carboxylic acids is 1. The van der Waals surface area contributed by atoms with Crippen molar-refractivity contribution >= 4 is 53.7 Å². The number of hydrogen-bond donors (Lipinski definition) is 3. The second-order valence-electron chi connectivity index (χ2n) is 11.6. The third-order valence-electron chi connectivity index (χ3n) is 8.70. The van der Waals surface area contributed by atoms with Crippen molar-refractivity contribution in [3.63, 3.8) is 0 Å². The molecule has 1 saturated heterocycles. The van der Waals surface area contributed by atoms with Gasteiger partial charge < -0.3 is 15.2 Å². The van der Waals surface area contributed by atoms with Crippen LogP contribution in [-0.2, 0) is 11.2 Å². The van der Waals surface area contributed by atoms with Crippen molar-refractivity contribution in [2.75, 3.05) is 29.3 Å². The van der Waals surface area contributed by atoms with E-state index in [4.69, 9.17) is 11.6 Å². The monoisotopic (exact) mass is 605 g/mol. The molecule has 1 amide bonds. The molecule has 1 radical (unpaired) electrons. The van der Waals surface area contributed by atoms with Crippen LogP contribution in [0.1, 0.15) is 61.4 Å². The Balaban J connectivity index is 1.24. The van der Waals surface area contributed by atoms with Crippen LogP contribution in [0, 0.1) is 0 Å². The van der Waals surface area contributed by atoms with Crippen LogP contribution in [0.5, 0.6) is 0 Å². The van der Waals surface area contributed by atoms with Gasteiger partial charge in [0.15, 0.2) is 0 Å². The summed E-state index contributed by atoms with van der Waals surface area (Å²) in [6, 6.07) is 21.2. The molecule has 0 saturated carbocycles. The molecule has 0 spiro atoms. The van der Waals surface area contributed by atoms with Crippen molar-refractivity contribution in [2.24, 2.45) is 0 Å². The molecule has 3 aromatic rings. The molecule has 10 heteroatoms. The number of anilines is 2. The Bertz CT molecular complexity index is 1680. The SMILES string of the molecule is CCCCc1ccc(C2=CN(c3ccc4n3[B]N3C(=C4c4ccc(NC(=O)CCl)cc4)C=CC3=[N+]3CCCCC3)NN2)cc1. The van der Waals surface area contributed by atoms with Gasteiger partial charge in [-0.2, -0.15) is 0 Å². The van der Waals surface area contributed by atoms with E-state index in [0.29, 0.717) is 0 Å². The van der Waals surface area contributed by atoms with Gasteiger partial charge in [0.1, 0.15) is 17.4 Å². The van der Waals surface area contributed by atoms with Gasteiger partial charge in [0.05, 0.1) is 25.0 Å². The van der Waals surface area contributed by atoms with Gasteiger partial charge >= 0.3 is 7.55 Å². The highest BCUT2D eigenvalue weighted by Gasteiger charge is 2.41. The van der Waals surface area contributed by atoms with E-state index in [9.17, 15) is 4.79 Å². The van der Waals surface area contributed by atoms with E-state index in [1.54, 1.807) is 0 Å². The highest BCUT2D eigenvalue weighted by Crippen LogP contribution is 2.39. The molecule has 44 heavy (non-hydrogen) atoms. The second-order valence-corrected chi connectivity index (χ2v) is 11.9. The summed E-state index contributed by atoms with van der Waals surface area (Å²) < 4.78 is 4.75. The van der Waals surface area contributed by atoms with Crippen LogP contribution >= 0.6 is 11.6 Å². The summed E-state index contributed by atoms with van der Waals surface area (Å²) in [7, 11) is 2.21. The normalized spacial score (nSPS) is 17.4.